The summed E-state index contributed by atoms with van der Waals surface area (Å²) in [5.41, 5.74) is -0.0399. The van der Waals surface area contributed by atoms with Gasteiger partial charge in [0.15, 0.2) is 0 Å². The number of benzene rings is 1. The predicted octanol–water partition coefficient (Wildman–Crippen LogP) is 5.55. The Bertz CT molecular complexity index is 392. The van der Waals surface area contributed by atoms with Crippen LogP contribution in [0.3, 0.4) is 0 Å². The minimum Gasteiger partial charge on any atom is -0.166 e. The molecule has 0 aliphatic carbocycles. The van der Waals surface area contributed by atoms with E-state index < -0.39 is 11.7 Å². The maximum atomic E-state index is 12.8. The third-order valence-corrected chi connectivity index (χ3v) is 4.22. The lowest BCUT2D eigenvalue weighted by molar-refractivity contribution is -0.138. The second-order valence-electron chi connectivity index (χ2n) is 4.46. The summed E-state index contributed by atoms with van der Waals surface area (Å²) in [4.78, 5) is 0. The van der Waals surface area contributed by atoms with Crippen LogP contribution in [0.15, 0.2) is 22.7 Å². The molecule has 4 heteroatoms. The van der Waals surface area contributed by atoms with Crippen molar-refractivity contribution in [3.8, 4) is 0 Å². The van der Waals surface area contributed by atoms with E-state index in [9.17, 15) is 13.2 Å². The van der Waals surface area contributed by atoms with Crippen molar-refractivity contribution in [2.45, 2.75) is 45.2 Å². The van der Waals surface area contributed by atoms with Gasteiger partial charge >= 0.3 is 6.18 Å². The molecule has 0 amide bonds. The van der Waals surface area contributed by atoms with E-state index in [0.717, 1.165) is 18.4 Å². The predicted molar refractivity (Wildman–Crippen MR) is 67.1 cm³/mol. The van der Waals surface area contributed by atoms with Crippen molar-refractivity contribution in [3.63, 3.8) is 0 Å². The molecule has 17 heavy (non-hydrogen) atoms. The van der Waals surface area contributed by atoms with Crippen LogP contribution in [0.5, 0.6) is 0 Å². The fraction of sp³-hybridized carbons (Fsp3) is 0.538. The molecule has 0 N–H and O–H groups in total. The zero-order valence-corrected chi connectivity index (χ0v) is 11.7. The Morgan fingerprint density at radius 2 is 1.65 bits per heavy atom. The largest absolute Gasteiger partial charge is 0.417 e. The van der Waals surface area contributed by atoms with Gasteiger partial charge in [0, 0.05) is 4.47 Å². The van der Waals surface area contributed by atoms with Gasteiger partial charge in [-0.3, -0.25) is 0 Å². The van der Waals surface area contributed by atoms with E-state index in [4.69, 9.17) is 0 Å². The third kappa shape index (κ3) is 3.03. The molecule has 96 valence electrons. The second-order valence-corrected chi connectivity index (χ2v) is 5.31. The Morgan fingerprint density at radius 3 is 2.06 bits per heavy atom. The standard InChI is InChI=1S/C13H16BrF3/c1-4-12(3,5-2)9-6-7-11(14)10(8-9)13(15,16)17/h6-8H,4-5H2,1-3H3. The van der Waals surface area contributed by atoms with Crippen molar-refractivity contribution in [2.24, 2.45) is 0 Å². The van der Waals surface area contributed by atoms with Gasteiger partial charge in [-0.25, -0.2) is 0 Å². The molecule has 0 heterocycles. The van der Waals surface area contributed by atoms with Crippen LogP contribution in [-0.4, -0.2) is 0 Å². The van der Waals surface area contributed by atoms with Crippen molar-refractivity contribution in [3.05, 3.63) is 33.8 Å². The van der Waals surface area contributed by atoms with Crippen molar-refractivity contribution < 1.29 is 13.2 Å². The Hall–Kier alpha value is -0.510. The maximum Gasteiger partial charge on any atom is 0.417 e. The molecule has 0 aliphatic heterocycles. The van der Waals surface area contributed by atoms with E-state index in [1.165, 1.54) is 12.1 Å². The van der Waals surface area contributed by atoms with Gasteiger partial charge in [0.1, 0.15) is 0 Å². The van der Waals surface area contributed by atoms with Crippen molar-refractivity contribution in [2.75, 3.05) is 0 Å². The highest BCUT2D eigenvalue weighted by atomic mass is 79.9. The summed E-state index contributed by atoms with van der Waals surface area (Å²) >= 11 is 2.96. The smallest absolute Gasteiger partial charge is 0.166 e. The molecule has 1 aromatic rings. The molecule has 0 unspecified atom stereocenters. The van der Waals surface area contributed by atoms with E-state index in [0.29, 0.717) is 0 Å². The minimum atomic E-state index is -4.31. The van der Waals surface area contributed by atoms with Crippen molar-refractivity contribution in [1.29, 1.82) is 0 Å². The summed E-state index contributed by atoms with van der Waals surface area (Å²) in [6.45, 7) is 5.99. The molecule has 0 bridgehead atoms. The van der Waals surface area contributed by atoms with Crippen LogP contribution in [0.2, 0.25) is 0 Å². The average molecular weight is 309 g/mol. The van der Waals surface area contributed by atoms with E-state index in [1.54, 1.807) is 6.07 Å². The molecule has 0 saturated carbocycles. The fourth-order valence-corrected chi connectivity index (χ4v) is 2.25. The summed E-state index contributed by atoms with van der Waals surface area (Å²) in [5.74, 6) is 0. The number of rotatable bonds is 3. The Morgan fingerprint density at radius 1 is 1.12 bits per heavy atom. The van der Waals surface area contributed by atoms with Crippen LogP contribution in [0, 0.1) is 0 Å². The summed E-state index contributed by atoms with van der Waals surface area (Å²) in [7, 11) is 0. The van der Waals surface area contributed by atoms with Gasteiger partial charge < -0.3 is 0 Å². The quantitative estimate of drug-likeness (QED) is 0.687. The molecule has 0 nitrogen and oxygen atoms in total. The summed E-state index contributed by atoms with van der Waals surface area (Å²) in [6.07, 6.45) is -2.66. The van der Waals surface area contributed by atoms with Crippen LogP contribution in [0.1, 0.15) is 44.7 Å². The Labute approximate surface area is 108 Å². The molecule has 0 aliphatic rings. The average Bonchev–Trinajstić information content (AvgIpc) is 2.27. The summed E-state index contributed by atoms with van der Waals surface area (Å²) in [5, 5.41) is 0. The van der Waals surface area contributed by atoms with Crippen molar-refractivity contribution in [1.82, 2.24) is 0 Å². The molecule has 1 aromatic carbocycles. The molecular weight excluding hydrogens is 293 g/mol. The van der Waals surface area contributed by atoms with Gasteiger partial charge in [0.2, 0.25) is 0 Å². The first kappa shape index (κ1) is 14.6. The molecular formula is C13H16BrF3. The molecule has 0 spiro atoms. The van der Waals surface area contributed by atoms with Gasteiger partial charge in [-0.15, -0.1) is 0 Å². The van der Waals surface area contributed by atoms with Crippen LogP contribution in [-0.2, 0) is 11.6 Å². The van der Waals surface area contributed by atoms with E-state index in [1.807, 2.05) is 20.8 Å². The van der Waals surface area contributed by atoms with Crippen molar-refractivity contribution >= 4 is 15.9 Å². The minimum absolute atomic E-state index is 0.100. The van der Waals surface area contributed by atoms with Gasteiger partial charge in [-0.05, 0) is 36.0 Å². The topological polar surface area (TPSA) is 0 Å². The summed E-state index contributed by atoms with van der Waals surface area (Å²) < 4.78 is 38.5. The first-order valence-electron chi connectivity index (χ1n) is 5.62. The van der Waals surface area contributed by atoms with Crippen LogP contribution in [0.4, 0.5) is 13.2 Å². The second kappa shape index (κ2) is 5.01. The highest BCUT2D eigenvalue weighted by molar-refractivity contribution is 9.10. The molecule has 0 radical (unpaired) electrons. The molecule has 1 rings (SSSR count). The lowest BCUT2D eigenvalue weighted by Crippen LogP contribution is -2.20. The summed E-state index contributed by atoms with van der Waals surface area (Å²) in [6, 6.07) is 4.52. The van der Waals surface area contributed by atoms with Crippen LogP contribution in [0.25, 0.3) is 0 Å². The first-order valence-corrected chi connectivity index (χ1v) is 6.41. The van der Waals surface area contributed by atoms with Crippen LogP contribution < -0.4 is 0 Å². The SMILES string of the molecule is CCC(C)(CC)c1ccc(Br)c(C(F)(F)F)c1. The van der Waals surface area contributed by atoms with Crippen LogP contribution >= 0.6 is 15.9 Å². The highest BCUT2D eigenvalue weighted by Gasteiger charge is 2.34. The Balaban J connectivity index is 3.31. The zero-order chi connectivity index (χ0) is 13.3. The fourth-order valence-electron chi connectivity index (χ4n) is 1.78. The lowest BCUT2D eigenvalue weighted by atomic mass is 9.77. The normalized spacial score (nSPS) is 12.9. The first-order chi connectivity index (χ1) is 7.74. The number of hydrogen-bond donors (Lipinski definition) is 0. The molecule has 0 atom stereocenters. The monoisotopic (exact) mass is 308 g/mol. The molecule has 0 saturated heterocycles. The zero-order valence-electron chi connectivity index (χ0n) is 10.2. The Kier molecular flexibility index (Phi) is 4.28. The van der Waals surface area contributed by atoms with E-state index in [2.05, 4.69) is 15.9 Å². The number of halogens is 4. The number of alkyl halides is 3. The van der Waals surface area contributed by atoms with Gasteiger partial charge in [0.05, 0.1) is 5.56 Å². The van der Waals surface area contributed by atoms with Gasteiger partial charge in [-0.1, -0.05) is 42.8 Å². The van der Waals surface area contributed by atoms with Gasteiger partial charge in [-0.2, -0.15) is 13.2 Å². The highest BCUT2D eigenvalue weighted by Crippen LogP contribution is 2.39. The number of hydrogen-bond acceptors (Lipinski definition) is 0. The maximum absolute atomic E-state index is 12.8. The molecule has 0 aromatic heterocycles. The molecule has 0 fully saturated rings. The van der Waals surface area contributed by atoms with E-state index >= 15 is 0 Å². The lowest BCUT2D eigenvalue weighted by Gasteiger charge is -2.28. The van der Waals surface area contributed by atoms with Gasteiger partial charge in [0.25, 0.3) is 0 Å². The van der Waals surface area contributed by atoms with E-state index in [-0.39, 0.29) is 9.89 Å². The third-order valence-electron chi connectivity index (χ3n) is 3.53.